The molecule has 0 saturated heterocycles. The summed E-state index contributed by atoms with van der Waals surface area (Å²) in [5.41, 5.74) is 40.6. The lowest BCUT2D eigenvalue weighted by atomic mass is 9.95. The summed E-state index contributed by atoms with van der Waals surface area (Å²) < 4.78 is 5.16. The number of ether oxygens (including phenoxy) is 1. The maximum Gasteiger partial charge on any atom is 0.407 e. The number of benzene rings is 7. The number of carbonyl (C=O) groups is 7. The molecule has 0 aliphatic rings. The maximum atomic E-state index is 12.3. The zero-order chi connectivity index (χ0) is 80.8. The van der Waals surface area contributed by atoms with Gasteiger partial charge in [-0.1, -0.05) is 195 Å². The highest BCUT2D eigenvalue weighted by molar-refractivity contribution is 14.0. The lowest BCUT2D eigenvalue weighted by molar-refractivity contribution is -0.134. The van der Waals surface area contributed by atoms with Crippen molar-refractivity contribution in [1.29, 1.82) is 5.41 Å². The van der Waals surface area contributed by atoms with Crippen LogP contribution in [0.2, 0.25) is 10.3 Å². The molecule has 114 heavy (non-hydrogen) atoms. The predicted octanol–water partition coefficient (Wildman–Crippen LogP) is 10.7. The first-order chi connectivity index (χ1) is 52.5. The number of ketones is 3. The first-order valence-electron chi connectivity index (χ1n) is 35.1. The van der Waals surface area contributed by atoms with Crippen LogP contribution in [0.15, 0.2) is 145 Å². The van der Waals surface area contributed by atoms with Crippen molar-refractivity contribution in [1.82, 2.24) is 35.9 Å². The van der Waals surface area contributed by atoms with Gasteiger partial charge in [-0.25, -0.2) is 24.7 Å². The average Bonchev–Trinajstić information content (AvgIpc) is 0.748. The monoisotopic (exact) mass is 1790 g/mol. The number of hydrogen-bond donors (Lipinski definition) is 14. The average molecular weight is 1790 g/mol. The molecule has 2 aromatic heterocycles. The summed E-state index contributed by atoms with van der Waals surface area (Å²) in [6.45, 7) is 7.26. The lowest BCUT2D eigenvalue weighted by Crippen LogP contribution is -2.38. The Morgan fingerprint density at radius 2 is 0.939 bits per heavy atom. The minimum atomic E-state index is -0.833. The third-order valence-corrected chi connectivity index (χ3v) is 17.6. The van der Waals surface area contributed by atoms with E-state index in [1.807, 2.05) is 87.5 Å². The van der Waals surface area contributed by atoms with E-state index in [0.717, 1.165) is 113 Å². The van der Waals surface area contributed by atoms with Gasteiger partial charge in [0.15, 0.2) is 73.4 Å². The molecule has 9 rings (SSSR count). The van der Waals surface area contributed by atoms with E-state index in [4.69, 9.17) is 93.0 Å². The first kappa shape index (κ1) is 103. The molecule has 20 N–H and O–H groups in total. The molecule has 0 unspecified atom stereocenters. The molecule has 7 aromatic carbocycles. The van der Waals surface area contributed by atoms with E-state index in [0.29, 0.717) is 38.8 Å². The number of carboxylic acids is 1. The fourth-order valence-corrected chi connectivity index (χ4v) is 11.0. The van der Waals surface area contributed by atoms with E-state index in [1.165, 1.54) is 21.9 Å². The van der Waals surface area contributed by atoms with Crippen LogP contribution in [0.3, 0.4) is 0 Å². The molecule has 0 aliphatic heterocycles. The van der Waals surface area contributed by atoms with Crippen molar-refractivity contribution in [2.24, 2.45) is 34.2 Å². The Hall–Kier alpha value is -9.38. The maximum absolute atomic E-state index is 12.3. The second kappa shape index (κ2) is 54.4. The number of aliphatic hydroxyl groups is 3. The number of aromatic nitrogens is 4. The number of amides is 3. The quantitative estimate of drug-likeness (QED) is 0.00747. The number of nitrogen functional groups attached to an aromatic ring is 4. The molecule has 3 atom stereocenters. The number of nitrogens with one attached hydrogen (secondary N) is 4. The van der Waals surface area contributed by atoms with Crippen LogP contribution in [0.25, 0.3) is 32.3 Å². The van der Waals surface area contributed by atoms with Crippen molar-refractivity contribution >= 4 is 207 Å². The van der Waals surface area contributed by atoms with Crippen molar-refractivity contribution in [3.8, 4) is 11.8 Å². The van der Waals surface area contributed by atoms with Gasteiger partial charge in [-0.2, -0.15) is 40.5 Å². The number of Topliss-reactive ketones (excluding diaryl/α,β-unsaturated/α-hetero) is 3. The lowest BCUT2D eigenvalue weighted by Gasteiger charge is -2.10. The number of carboxylic acid groups (broad SMARTS) is 1. The number of hydrogen-bond acceptors (Lipinski definition) is 23. The Morgan fingerprint density at radius 1 is 0.553 bits per heavy atom. The van der Waals surface area contributed by atoms with Gasteiger partial charge >= 0.3 is 6.09 Å². The van der Waals surface area contributed by atoms with Gasteiger partial charge in [0.25, 0.3) is 17.8 Å². The molecule has 0 radical (unpaired) electrons. The van der Waals surface area contributed by atoms with Crippen LogP contribution in [0, 0.1) is 35.0 Å². The van der Waals surface area contributed by atoms with E-state index in [1.54, 1.807) is 6.26 Å². The summed E-state index contributed by atoms with van der Waals surface area (Å²) in [5, 5.41) is 55.6. The van der Waals surface area contributed by atoms with Crippen molar-refractivity contribution in [3.63, 3.8) is 0 Å². The molecule has 2 heterocycles. The van der Waals surface area contributed by atoms with E-state index >= 15 is 0 Å². The highest BCUT2D eigenvalue weighted by Crippen LogP contribution is 2.26. The minimum absolute atomic E-state index is 0. The van der Waals surface area contributed by atoms with Gasteiger partial charge in [0.05, 0.1) is 0 Å². The van der Waals surface area contributed by atoms with Crippen LogP contribution in [0.1, 0.15) is 120 Å². The molecule has 0 saturated carbocycles. The van der Waals surface area contributed by atoms with E-state index < -0.39 is 37.1 Å². The van der Waals surface area contributed by atoms with Crippen molar-refractivity contribution in [2.75, 3.05) is 68.6 Å². The van der Waals surface area contributed by atoms with Crippen LogP contribution < -0.4 is 50.4 Å². The Labute approximate surface area is 715 Å². The first-order valence-corrected chi connectivity index (χ1v) is 37.0. The van der Waals surface area contributed by atoms with Gasteiger partial charge in [-0.3, -0.25) is 44.5 Å². The number of halogens is 3. The van der Waals surface area contributed by atoms with Gasteiger partial charge in [0, 0.05) is 49.8 Å². The highest BCUT2D eigenvalue weighted by atomic mass is 127. The summed E-state index contributed by atoms with van der Waals surface area (Å²) in [6.07, 6.45) is 9.40. The second-order valence-electron chi connectivity index (χ2n) is 25.4. The van der Waals surface area contributed by atoms with Gasteiger partial charge in [0.2, 0.25) is 0 Å². The normalized spacial score (nSPS) is 11.1. The molecule has 3 amide bonds. The Morgan fingerprint density at radius 3 is 1.35 bits per heavy atom. The largest absolute Gasteiger partial charge is 0.481 e. The van der Waals surface area contributed by atoms with Gasteiger partial charge in [-0.15, -0.1) is 24.0 Å². The number of rotatable bonds is 27. The number of anilines is 4. The predicted molar refractivity (Wildman–Crippen MR) is 482 cm³/mol. The summed E-state index contributed by atoms with van der Waals surface area (Å²) in [4.78, 5) is 98.4. The third-order valence-electron chi connectivity index (χ3n) is 16.5. The van der Waals surface area contributed by atoms with Gasteiger partial charge < -0.3 is 70.2 Å². The summed E-state index contributed by atoms with van der Waals surface area (Å²) in [7, 11) is 0. The number of nitrogens with zero attached hydrogens (tertiary/aromatic N) is 5. The summed E-state index contributed by atoms with van der Waals surface area (Å²) in [5.74, 6) is 2.65. The molecule has 0 aliphatic carbocycles. The molecular weight excluding hydrogens is 1690 g/mol. The number of fused-ring (bicyclic) bond motifs is 3. The van der Waals surface area contributed by atoms with Crippen molar-refractivity contribution < 1.29 is 58.7 Å². The van der Waals surface area contributed by atoms with E-state index in [9.17, 15) is 28.8 Å². The topological polar surface area (TPSA) is 490 Å². The number of aliphatic carboxylic acids is 1. The standard InChI is InChI=1S/C27H27NO4.C25H30ClN7O3.C19H25NO2.C7H9ClN6OS.C2H4O2.HI.3H2S/c1-20(26(30)18-29)15-23-11-13-24-16-21(10-12-25(24)17-23)7-5-6-14-28-27(31)32-19-22-8-3-2-4-9-22;1-14(19(35)13-34)10-16-6-8-17-11-15(5-7-18(17)12-16)4-2-3-9-30-25(29)33-24(36)20-22(27)32-23(28)21(26)31-20;1-14(19(22)13-21)10-16-6-8-17-11-15(4-2-3-9-20)5-7-18(17)12-16;1-16-7(11)14-6(15)2-4(9)13-5(10)3(8)12-2;1-2(3)4;;;;/h2-4,8-13,16-17,20,29H,6,14-15,18-19H2,1H3,(H,28,31);5-8,11-12,14,34H,2-4,9-10,13H2,1H3,(H4,27,28,32)(H3,29,30,33,36);5-8,11-12,14,21H,2-4,9-10,13,20H2,1H3;1H3,(H4,9,10,13)(H2,11,14,15);1H3,(H,3,4);1H;3*1H2/t20-;2*14-;;;;;;/m000....../s1. The van der Waals surface area contributed by atoms with Crippen molar-refractivity contribution in [3.05, 3.63) is 200 Å². The number of thioether (sulfide) groups is 1. The fraction of sp³-hybridized carbons (Fsp3) is 0.312. The molecule has 9 aromatic rings. The molecule has 0 spiro atoms. The van der Waals surface area contributed by atoms with E-state index in [2.05, 4.69) is 126 Å². The second-order valence-corrected chi connectivity index (χ2v) is 26.9. The number of aryl methyl sites for hydroxylation is 2. The summed E-state index contributed by atoms with van der Waals surface area (Å²) >= 11 is 12.5. The van der Waals surface area contributed by atoms with Gasteiger partial charge in [0.1, 0.15) is 26.4 Å². The molecule has 614 valence electrons. The number of amidine groups is 1. The molecule has 0 bridgehead atoms. The molecule has 34 heteroatoms. The number of aliphatic imine (C=N–C) groups is 1. The zero-order valence-corrected chi connectivity index (χ0v) is 71.5. The third kappa shape index (κ3) is 36.4. The Kier molecular flexibility index (Phi) is 49.0. The zero-order valence-electron chi connectivity index (χ0n) is 63.9. The number of carbonyl (C=O) groups excluding carboxylic acids is 6. The number of alkyl carbamates (subject to hydrolysis) is 1. The number of nitrogens with two attached hydrogens (primary N) is 6. The number of unbranched alkanes of at least 4 members (excludes halogenated alkanes) is 2. The minimum Gasteiger partial charge on any atom is -0.481 e. The van der Waals surface area contributed by atoms with Crippen LogP contribution in [0.5, 0.6) is 0 Å². The Bertz CT molecular complexity index is 4780. The van der Waals surface area contributed by atoms with Crippen LogP contribution in [0.4, 0.5) is 28.1 Å². The smallest absolute Gasteiger partial charge is 0.407 e. The van der Waals surface area contributed by atoms with Gasteiger partial charge in [-0.05, 0) is 148 Å². The fourth-order valence-electron chi connectivity index (χ4n) is 10.5. The molecular formula is C80H102Cl2IN15O12S4. The van der Waals surface area contributed by atoms with Crippen LogP contribution in [-0.4, -0.2) is 138 Å². The summed E-state index contributed by atoms with van der Waals surface area (Å²) in [6, 6.07) is 47.0. The van der Waals surface area contributed by atoms with E-state index in [-0.39, 0.29) is 169 Å². The van der Waals surface area contributed by atoms with Crippen molar-refractivity contribution in [2.45, 2.75) is 98.5 Å². The number of guanidine groups is 1. The molecule has 27 nitrogen and oxygen atoms in total. The SMILES string of the molecule is CC(=O)O.CSC(=N)NC(=O)c1nc(Cl)c(N)nc1N.C[C@@H](Cc1ccc2cc(C#CCCNC(=O)OCc3ccccc3)ccc2c1)C(=O)CO.C[C@@H](Cc1ccc2cc(CCCCN)ccc2c1)C(=O)CO.C[C@@H](Cc1ccc2cc(CCCCN=C(N)NC(=O)c3nc(Cl)c(N)nc3N)ccc2c1)C(=O)CO.I.S.S.S. The number of aliphatic hydroxyl groups excluding tert-OH is 3. The Balaban J connectivity index is 0.000000765. The van der Waals surface area contributed by atoms with Crippen LogP contribution in [-0.2, 0) is 62.6 Å². The molecule has 0 fully saturated rings. The van der Waals surface area contributed by atoms with Crippen LogP contribution >= 0.6 is 99.4 Å². The highest BCUT2D eigenvalue weighted by Gasteiger charge is 2.20.